The van der Waals surface area contributed by atoms with Crippen LogP contribution in [0.15, 0.2) is 11.6 Å². The van der Waals surface area contributed by atoms with E-state index in [1.807, 2.05) is 0 Å². The third-order valence-electron chi connectivity index (χ3n) is 8.27. The van der Waals surface area contributed by atoms with Crippen molar-refractivity contribution < 1.29 is 28.5 Å². The van der Waals surface area contributed by atoms with Crippen molar-refractivity contribution in [2.24, 2.45) is 29.4 Å². The number of allylic oxidation sites excluding steroid dienone is 1. The van der Waals surface area contributed by atoms with Crippen molar-refractivity contribution >= 4 is 12.0 Å². The number of rotatable bonds is 6. The lowest BCUT2D eigenvalue weighted by Gasteiger charge is -2.43. The first-order valence-corrected chi connectivity index (χ1v) is 11.4. The number of amides is 2. The summed E-state index contributed by atoms with van der Waals surface area (Å²) in [5.74, 6) is 0.0673. The third-order valence-corrected chi connectivity index (χ3v) is 8.27. The van der Waals surface area contributed by atoms with Gasteiger partial charge in [-0.1, -0.05) is 11.6 Å². The molecule has 2 saturated carbocycles. The zero-order valence-electron chi connectivity index (χ0n) is 18.8. The molecular formula is C23H34N2O6. The Kier molecular flexibility index (Phi) is 4.92. The SMILES string of the molecule is CO[C@@H]1[C@H](OC(=O)N2CC3C(C2)C3C(N)=O)CC[C@]2(CO2)[C@H]1[C@@]1(C)O[C@@H]1CC=C(C)C. The number of ether oxygens (including phenoxy) is 4. The van der Waals surface area contributed by atoms with Gasteiger partial charge in [0.2, 0.25) is 5.91 Å². The second kappa shape index (κ2) is 7.18. The quantitative estimate of drug-likeness (QED) is 0.505. The van der Waals surface area contributed by atoms with Crippen molar-refractivity contribution in [2.75, 3.05) is 26.8 Å². The van der Waals surface area contributed by atoms with Gasteiger partial charge >= 0.3 is 6.09 Å². The number of primary amides is 1. The Morgan fingerprint density at radius 2 is 1.94 bits per heavy atom. The lowest BCUT2D eigenvalue weighted by atomic mass is 9.68. The molecule has 3 aliphatic heterocycles. The Hall–Kier alpha value is -1.64. The highest BCUT2D eigenvalue weighted by Crippen LogP contribution is 2.60. The number of fused-ring (bicyclic) bond motifs is 1. The van der Waals surface area contributed by atoms with Crippen molar-refractivity contribution in [1.82, 2.24) is 4.90 Å². The van der Waals surface area contributed by atoms with Crippen LogP contribution in [0.25, 0.3) is 0 Å². The van der Waals surface area contributed by atoms with E-state index < -0.39 is 0 Å². The molecule has 2 aliphatic carbocycles. The van der Waals surface area contributed by atoms with E-state index in [1.165, 1.54) is 5.57 Å². The maximum atomic E-state index is 12.9. The fraction of sp³-hybridized carbons (Fsp3) is 0.826. The molecular weight excluding hydrogens is 400 g/mol. The van der Waals surface area contributed by atoms with Gasteiger partial charge in [-0.2, -0.15) is 0 Å². The van der Waals surface area contributed by atoms with Crippen LogP contribution in [0.3, 0.4) is 0 Å². The lowest BCUT2D eigenvalue weighted by Crippen LogP contribution is -2.56. The monoisotopic (exact) mass is 434 g/mol. The number of hydrogen-bond donors (Lipinski definition) is 1. The molecule has 5 rings (SSSR count). The molecule has 2 N–H and O–H groups in total. The van der Waals surface area contributed by atoms with E-state index in [2.05, 4.69) is 26.8 Å². The summed E-state index contributed by atoms with van der Waals surface area (Å²) in [7, 11) is 1.68. The van der Waals surface area contributed by atoms with Crippen LogP contribution < -0.4 is 5.73 Å². The first-order chi connectivity index (χ1) is 14.7. The summed E-state index contributed by atoms with van der Waals surface area (Å²) in [5.41, 5.74) is 6.11. The maximum Gasteiger partial charge on any atom is 0.410 e. The molecule has 8 atom stereocenters. The largest absolute Gasteiger partial charge is 0.443 e. The Morgan fingerprint density at radius 1 is 1.26 bits per heavy atom. The van der Waals surface area contributed by atoms with Gasteiger partial charge in [-0.15, -0.1) is 0 Å². The Balaban J connectivity index is 1.25. The molecule has 5 fully saturated rings. The number of nitrogens with two attached hydrogens (primary N) is 1. The highest BCUT2D eigenvalue weighted by molar-refractivity contribution is 5.81. The van der Waals surface area contributed by atoms with Gasteiger partial charge < -0.3 is 29.6 Å². The van der Waals surface area contributed by atoms with E-state index in [4.69, 9.17) is 24.7 Å². The van der Waals surface area contributed by atoms with Crippen LogP contribution in [-0.4, -0.2) is 73.2 Å². The lowest BCUT2D eigenvalue weighted by molar-refractivity contribution is -0.122. The van der Waals surface area contributed by atoms with Crippen LogP contribution in [0.1, 0.15) is 40.0 Å². The molecule has 0 aromatic rings. The standard InChI is InChI=1S/C23H34N2O6/c1-12(2)5-6-16-22(3,31-16)19-18(28-4)15(7-8-23(19)11-29-23)30-21(27)25-9-13-14(10-25)17(13)20(24)26/h5,13-19H,6-11H2,1-4H3,(H2,24,26)/t13?,14?,15-,16-,17?,18-,19-,22+,23+/m1/s1. The maximum absolute atomic E-state index is 12.9. The number of likely N-dealkylation sites (tertiary alicyclic amines) is 1. The molecule has 0 radical (unpaired) electrons. The minimum atomic E-state index is -0.349. The average Bonchev–Trinajstić information content (AvgIpc) is 3.67. The number of piperidine rings is 1. The molecule has 2 unspecified atom stereocenters. The van der Waals surface area contributed by atoms with E-state index in [0.717, 1.165) is 12.8 Å². The summed E-state index contributed by atoms with van der Waals surface area (Å²) in [5, 5.41) is 0. The number of carbonyl (C=O) groups excluding carboxylic acids is 2. The second-order valence-corrected chi connectivity index (χ2v) is 10.5. The molecule has 0 bridgehead atoms. The molecule has 2 amide bonds. The fourth-order valence-corrected chi connectivity index (χ4v) is 6.37. The van der Waals surface area contributed by atoms with Crippen molar-refractivity contribution in [3.8, 4) is 0 Å². The van der Waals surface area contributed by atoms with Crippen molar-refractivity contribution in [1.29, 1.82) is 0 Å². The number of nitrogens with zero attached hydrogens (tertiary/aromatic N) is 1. The molecule has 1 spiro atoms. The van der Waals surface area contributed by atoms with Crippen LogP contribution in [0.5, 0.6) is 0 Å². The van der Waals surface area contributed by atoms with Crippen molar-refractivity contribution in [3.05, 3.63) is 11.6 Å². The number of carbonyl (C=O) groups is 2. The van der Waals surface area contributed by atoms with Gasteiger partial charge in [0, 0.05) is 26.1 Å². The molecule has 31 heavy (non-hydrogen) atoms. The molecule has 0 aromatic heterocycles. The van der Waals surface area contributed by atoms with E-state index in [1.54, 1.807) is 12.0 Å². The predicted octanol–water partition coefficient (Wildman–Crippen LogP) is 1.86. The van der Waals surface area contributed by atoms with Crippen molar-refractivity contribution in [2.45, 2.75) is 69.5 Å². The van der Waals surface area contributed by atoms with Gasteiger partial charge in [-0.25, -0.2) is 4.79 Å². The summed E-state index contributed by atoms with van der Waals surface area (Å²) in [6.07, 6.45) is 3.79. The van der Waals surface area contributed by atoms with E-state index >= 15 is 0 Å². The zero-order chi connectivity index (χ0) is 22.1. The van der Waals surface area contributed by atoms with E-state index in [9.17, 15) is 9.59 Å². The topological polar surface area (TPSA) is 107 Å². The average molecular weight is 435 g/mol. The Morgan fingerprint density at radius 3 is 2.48 bits per heavy atom. The van der Waals surface area contributed by atoms with Gasteiger partial charge in [-0.3, -0.25) is 4.79 Å². The first-order valence-electron chi connectivity index (χ1n) is 11.4. The number of hydrogen-bond acceptors (Lipinski definition) is 6. The zero-order valence-corrected chi connectivity index (χ0v) is 18.8. The molecule has 3 saturated heterocycles. The highest BCUT2D eigenvalue weighted by Gasteiger charge is 2.72. The molecule has 0 aromatic carbocycles. The van der Waals surface area contributed by atoms with Gasteiger partial charge in [0.15, 0.2) is 0 Å². The van der Waals surface area contributed by atoms with Gasteiger partial charge in [0.25, 0.3) is 0 Å². The molecule has 8 nitrogen and oxygen atoms in total. The summed E-state index contributed by atoms with van der Waals surface area (Å²) >= 11 is 0. The van der Waals surface area contributed by atoms with E-state index in [0.29, 0.717) is 26.1 Å². The number of methoxy groups -OCH3 is 1. The molecule has 8 heteroatoms. The van der Waals surface area contributed by atoms with E-state index in [-0.39, 0.29) is 65.2 Å². The highest BCUT2D eigenvalue weighted by atomic mass is 16.6. The van der Waals surface area contributed by atoms with Crippen molar-refractivity contribution in [3.63, 3.8) is 0 Å². The van der Waals surface area contributed by atoms with Gasteiger partial charge in [0.1, 0.15) is 23.4 Å². The van der Waals surface area contributed by atoms with Crippen LogP contribution in [0, 0.1) is 23.7 Å². The summed E-state index contributed by atoms with van der Waals surface area (Å²) < 4.78 is 24.1. The Labute approximate surface area is 183 Å². The van der Waals surface area contributed by atoms with Gasteiger partial charge in [-0.05, 0) is 51.9 Å². The summed E-state index contributed by atoms with van der Waals surface area (Å²) in [6.45, 7) is 8.11. The smallest absolute Gasteiger partial charge is 0.410 e. The van der Waals surface area contributed by atoms with Gasteiger partial charge in [0.05, 0.1) is 18.6 Å². The molecule has 172 valence electrons. The predicted molar refractivity (Wildman–Crippen MR) is 111 cm³/mol. The summed E-state index contributed by atoms with van der Waals surface area (Å²) in [6, 6.07) is 0. The van der Waals surface area contributed by atoms with Crippen LogP contribution in [0.4, 0.5) is 4.79 Å². The normalized spacial score (nSPS) is 47.0. The van der Waals surface area contributed by atoms with Crippen LogP contribution in [-0.2, 0) is 23.7 Å². The number of epoxide rings is 2. The first kappa shape index (κ1) is 21.2. The Bertz CT molecular complexity index is 794. The molecule has 3 heterocycles. The minimum absolute atomic E-state index is 0.0123. The van der Waals surface area contributed by atoms with Crippen LogP contribution in [0.2, 0.25) is 0 Å². The fourth-order valence-electron chi connectivity index (χ4n) is 6.37. The molecule has 5 aliphatic rings. The summed E-state index contributed by atoms with van der Waals surface area (Å²) in [4.78, 5) is 26.0. The third kappa shape index (κ3) is 3.47. The minimum Gasteiger partial charge on any atom is -0.443 e. The van der Waals surface area contributed by atoms with Crippen LogP contribution >= 0.6 is 0 Å². The second-order valence-electron chi connectivity index (χ2n) is 10.5.